The monoisotopic (exact) mass is 437 g/mol. The predicted molar refractivity (Wildman–Crippen MR) is 112 cm³/mol. The summed E-state index contributed by atoms with van der Waals surface area (Å²) in [4.78, 5) is 23.8. The number of amides is 2. The molecule has 0 unspecified atom stereocenters. The highest BCUT2D eigenvalue weighted by Crippen LogP contribution is 2.36. The molecule has 0 aliphatic carbocycles. The smallest absolute Gasteiger partial charge is 0.265 e. The van der Waals surface area contributed by atoms with E-state index in [1.807, 2.05) is 0 Å². The van der Waals surface area contributed by atoms with Crippen molar-refractivity contribution in [3.05, 3.63) is 47.5 Å². The van der Waals surface area contributed by atoms with Gasteiger partial charge in [0.1, 0.15) is 5.75 Å². The lowest BCUT2D eigenvalue weighted by molar-refractivity contribution is -0.122. The van der Waals surface area contributed by atoms with Crippen LogP contribution in [0.15, 0.2) is 42.5 Å². The van der Waals surface area contributed by atoms with Crippen molar-refractivity contribution in [2.45, 2.75) is 19.4 Å². The van der Waals surface area contributed by atoms with Crippen molar-refractivity contribution in [2.24, 2.45) is 0 Å². The minimum Gasteiger partial charge on any atom is -0.478 e. The molecular formula is C19H20ClN3O5S. The highest BCUT2D eigenvalue weighted by Gasteiger charge is 2.31. The van der Waals surface area contributed by atoms with E-state index in [-0.39, 0.29) is 24.6 Å². The van der Waals surface area contributed by atoms with Crippen LogP contribution in [0, 0.1) is 0 Å². The van der Waals surface area contributed by atoms with Gasteiger partial charge in [-0.1, -0.05) is 11.6 Å². The largest absolute Gasteiger partial charge is 0.478 e. The number of nitrogens with one attached hydrogen (secondary N) is 2. The zero-order valence-corrected chi connectivity index (χ0v) is 17.4. The molecule has 29 heavy (non-hydrogen) atoms. The van der Waals surface area contributed by atoms with Crippen molar-refractivity contribution >= 4 is 50.5 Å². The molecule has 3 rings (SSSR count). The maximum absolute atomic E-state index is 12.7. The normalized spacial score (nSPS) is 16.2. The summed E-state index contributed by atoms with van der Waals surface area (Å²) in [6, 6.07) is 11.2. The van der Waals surface area contributed by atoms with Gasteiger partial charge in [0.25, 0.3) is 5.91 Å². The van der Waals surface area contributed by atoms with Crippen LogP contribution >= 0.6 is 11.6 Å². The van der Waals surface area contributed by atoms with E-state index in [2.05, 4.69) is 10.6 Å². The first-order valence-corrected chi connectivity index (χ1v) is 11.0. The molecule has 154 valence electrons. The van der Waals surface area contributed by atoms with E-state index in [4.69, 9.17) is 16.3 Å². The molecule has 0 fully saturated rings. The van der Waals surface area contributed by atoms with Crippen LogP contribution in [0.5, 0.6) is 5.75 Å². The van der Waals surface area contributed by atoms with Gasteiger partial charge in [-0.3, -0.25) is 13.9 Å². The minimum absolute atomic E-state index is 0.0751. The molecule has 0 saturated heterocycles. The third-order valence-corrected chi connectivity index (χ3v) is 5.63. The van der Waals surface area contributed by atoms with E-state index >= 15 is 0 Å². The molecule has 1 aliphatic heterocycles. The SMILES string of the molecule is CC(=O)Nc1ccc(NC(=O)[C@H]2CCN(S(C)(=O)=O)c3cc(Cl)ccc3O2)cc1. The third kappa shape index (κ3) is 5.18. The maximum Gasteiger partial charge on any atom is 0.265 e. The lowest BCUT2D eigenvalue weighted by Gasteiger charge is -2.21. The van der Waals surface area contributed by atoms with E-state index in [0.717, 1.165) is 6.26 Å². The van der Waals surface area contributed by atoms with Crippen molar-refractivity contribution in [2.75, 3.05) is 27.7 Å². The number of hydrogen-bond donors (Lipinski definition) is 2. The molecule has 10 heteroatoms. The quantitative estimate of drug-likeness (QED) is 0.765. The van der Waals surface area contributed by atoms with Crippen LogP contribution in [0.3, 0.4) is 0 Å². The Labute approximate surface area is 173 Å². The Morgan fingerprint density at radius 2 is 1.72 bits per heavy atom. The van der Waals surface area contributed by atoms with Gasteiger partial charge in [-0.2, -0.15) is 0 Å². The number of sulfonamides is 1. The van der Waals surface area contributed by atoms with E-state index in [0.29, 0.717) is 22.1 Å². The van der Waals surface area contributed by atoms with Crippen molar-refractivity contribution < 1.29 is 22.7 Å². The number of carbonyl (C=O) groups excluding carboxylic acids is 2. The van der Waals surface area contributed by atoms with E-state index in [1.165, 1.54) is 17.3 Å². The fraction of sp³-hybridized carbons (Fsp3) is 0.263. The number of halogens is 1. The van der Waals surface area contributed by atoms with Gasteiger partial charge in [0.05, 0.1) is 11.9 Å². The fourth-order valence-corrected chi connectivity index (χ4v) is 4.05. The summed E-state index contributed by atoms with van der Waals surface area (Å²) in [5.74, 6) is -0.338. The third-order valence-electron chi connectivity index (χ3n) is 4.22. The molecular weight excluding hydrogens is 418 g/mol. The molecule has 0 bridgehead atoms. The summed E-state index contributed by atoms with van der Waals surface area (Å²) < 4.78 is 31.4. The number of rotatable bonds is 4. The Morgan fingerprint density at radius 3 is 2.31 bits per heavy atom. The number of nitrogens with zero attached hydrogens (tertiary/aromatic N) is 1. The molecule has 2 N–H and O–H groups in total. The standard InChI is InChI=1S/C19H20ClN3O5S/c1-12(24)21-14-4-6-15(7-5-14)22-19(25)18-9-10-23(29(2,26)27)16-11-13(20)3-8-17(16)28-18/h3-8,11,18H,9-10H2,1-2H3,(H,21,24)(H,22,25)/t18-/m1/s1. The molecule has 0 radical (unpaired) electrons. The van der Waals surface area contributed by atoms with Crippen LogP contribution in [0.25, 0.3) is 0 Å². The fourth-order valence-electron chi connectivity index (χ4n) is 2.94. The predicted octanol–water partition coefficient (Wildman–Crippen LogP) is 2.85. The van der Waals surface area contributed by atoms with Gasteiger partial charge < -0.3 is 15.4 Å². The molecule has 8 nitrogen and oxygen atoms in total. The van der Waals surface area contributed by atoms with Crippen LogP contribution in [0.4, 0.5) is 17.1 Å². The average molecular weight is 438 g/mol. The maximum atomic E-state index is 12.7. The van der Waals surface area contributed by atoms with Crippen LogP contribution in [0.1, 0.15) is 13.3 Å². The average Bonchev–Trinajstić information content (AvgIpc) is 2.82. The Bertz CT molecular complexity index is 1040. The molecule has 1 atom stereocenters. The summed E-state index contributed by atoms with van der Waals surface area (Å²) >= 11 is 6.01. The van der Waals surface area contributed by atoms with Crippen molar-refractivity contribution in [1.82, 2.24) is 0 Å². The number of ether oxygens (including phenoxy) is 1. The molecule has 1 heterocycles. The Balaban J connectivity index is 1.78. The van der Waals surface area contributed by atoms with Gasteiger partial charge in [0.15, 0.2) is 6.10 Å². The van der Waals surface area contributed by atoms with Gasteiger partial charge in [-0.15, -0.1) is 0 Å². The number of hydrogen-bond acceptors (Lipinski definition) is 5. The van der Waals surface area contributed by atoms with Crippen LogP contribution < -0.4 is 19.7 Å². The minimum atomic E-state index is -3.57. The molecule has 2 amide bonds. The van der Waals surface area contributed by atoms with Crippen molar-refractivity contribution in [3.63, 3.8) is 0 Å². The lowest BCUT2D eigenvalue weighted by Crippen LogP contribution is -2.35. The second kappa shape index (κ2) is 8.30. The van der Waals surface area contributed by atoms with Gasteiger partial charge >= 0.3 is 0 Å². The number of carbonyl (C=O) groups is 2. The Kier molecular flexibility index (Phi) is 5.99. The highest BCUT2D eigenvalue weighted by atomic mass is 35.5. The zero-order chi connectivity index (χ0) is 21.2. The summed E-state index contributed by atoms with van der Waals surface area (Å²) in [7, 11) is -3.57. The van der Waals surface area contributed by atoms with E-state index in [1.54, 1.807) is 36.4 Å². The number of benzene rings is 2. The van der Waals surface area contributed by atoms with Crippen molar-refractivity contribution in [1.29, 1.82) is 0 Å². The summed E-state index contributed by atoms with van der Waals surface area (Å²) in [6.07, 6.45) is 0.362. The summed E-state index contributed by atoms with van der Waals surface area (Å²) in [6.45, 7) is 1.48. The molecule has 0 saturated carbocycles. The van der Waals surface area contributed by atoms with Crippen molar-refractivity contribution in [3.8, 4) is 5.75 Å². The second-order valence-electron chi connectivity index (χ2n) is 6.59. The van der Waals surface area contributed by atoms with E-state index in [9.17, 15) is 18.0 Å². The second-order valence-corrected chi connectivity index (χ2v) is 8.93. The Hall–Kier alpha value is -2.78. The topological polar surface area (TPSA) is 105 Å². The van der Waals surface area contributed by atoms with Gasteiger partial charge in [-0.25, -0.2) is 8.42 Å². The highest BCUT2D eigenvalue weighted by molar-refractivity contribution is 7.92. The summed E-state index contributed by atoms with van der Waals surface area (Å²) in [5, 5.41) is 5.75. The first-order chi connectivity index (χ1) is 13.6. The van der Waals surface area contributed by atoms with Crippen LogP contribution in [-0.2, 0) is 19.6 Å². The number of anilines is 3. The molecule has 2 aromatic carbocycles. The zero-order valence-electron chi connectivity index (χ0n) is 15.8. The first-order valence-electron chi connectivity index (χ1n) is 8.76. The molecule has 1 aliphatic rings. The van der Waals surface area contributed by atoms with E-state index < -0.39 is 22.0 Å². The van der Waals surface area contributed by atoms with Crippen LogP contribution in [-0.4, -0.2) is 39.1 Å². The van der Waals surface area contributed by atoms with Gasteiger partial charge in [0, 0.05) is 36.3 Å². The molecule has 2 aromatic rings. The molecule has 0 spiro atoms. The van der Waals surface area contributed by atoms with Gasteiger partial charge in [0.2, 0.25) is 15.9 Å². The Morgan fingerprint density at radius 1 is 1.10 bits per heavy atom. The molecule has 0 aromatic heterocycles. The van der Waals surface area contributed by atoms with Gasteiger partial charge in [-0.05, 0) is 42.5 Å². The number of fused-ring (bicyclic) bond motifs is 1. The van der Waals surface area contributed by atoms with Crippen LogP contribution in [0.2, 0.25) is 5.02 Å². The lowest BCUT2D eigenvalue weighted by atomic mass is 10.2. The first kappa shape index (κ1) is 20.9. The summed E-state index contributed by atoms with van der Waals surface area (Å²) in [5.41, 5.74) is 1.43.